The van der Waals surface area contributed by atoms with E-state index in [0.29, 0.717) is 5.92 Å². The van der Waals surface area contributed by atoms with Crippen LogP contribution in [0.2, 0.25) is 0 Å². The van der Waals surface area contributed by atoms with Crippen molar-refractivity contribution in [2.24, 2.45) is 5.92 Å². The summed E-state index contributed by atoms with van der Waals surface area (Å²) >= 11 is 0. The van der Waals surface area contributed by atoms with Crippen LogP contribution >= 0.6 is 7.82 Å². The minimum atomic E-state index is -4.26. The Morgan fingerprint density at radius 2 is 2.00 bits per heavy atom. The Morgan fingerprint density at radius 1 is 1.46 bits per heavy atom. The molecule has 1 aliphatic rings. The van der Waals surface area contributed by atoms with Crippen molar-refractivity contribution in [1.82, 2.24) is 4.90 Å². The van der Waals surface area contributed by atoms with Gasteiger partial charge in [0.25, 0.3) is 0 Å². The first kappa shape index (κ1) is 11.1. The van der Waals surface area contributed by atoms with E-state index in [9.17, 15) is 4.57 Å². The number of phosphoric ester groups is 1. The molecule has 1 aliphatic heterocycles. The van der Waals surface area contributed by atoms with Crippen molar-refractivity contribution in [2.45, 2.75) is 12.8 Å². The van der Waals surface area contributed by atoms with Gasteiger partial charge in [-0.15, -0.1) is 0 Å². The van der Waals surface area contributed by atoms with E-state index in [1.165, 1.54) is 0 Å². The van der Waals surface area contributed by atoms with E-state index in [0.717, 1.165) is 25.9 Å². The first-order chi connectivity index (χ1) is 5.97. The van der Waals surface area contributed by atoms with E-state index in [1.54, 1.807) is 0 Å². The SMILES string of the molecule is CN1CCC(COP(=O)(O)O)CC1. The lowest BCUT2D eigenvalue weighted by molar-refractivity contribution is 0.128. The molecule has 78 valence electrons. The predicted molar refractivity (Wildman–Crippen MR) is 48.2 cm³/mol. The normalized spacial score (nSPS) is 22.1. The maximum atomic E-state index is 10.4. The minimum Gasteiger partial charge on any atom is -0.306 e. The second kappa shape index (κ2) is 4.53. The van der Waals surface area contributed by atoms with Gasteiger partial charge in [0.05, 0.1) is 6.61 Å². The second-order valence-corrected chi connectivity index (χ2v) is 4.77. The Kier molecular flexibility index (Phi) is 3.88. The molecule has 0 aliphatic carbocycles. The van der Waals surface area contributed by atoms with Crippen LogP contribution in [0, 0.1) is 5.92 Å². The largest absolute Gasteiger partial charge is 0.469 e. The van der Waals surface area contributed by atoms with Crippen molar-refractivity contribution in [3.63, 3.8) is 0 Å². The zero-order valence-electron chi connectivity index (χ0n) is 7.72. The molecule has 13 heavy (non-hydrogen) atoms. The highest BCUT2D eigenvalue weighted by Gasteiger charge is 2.21. The number of likely N-dealkylation sites (tertiary alicyclic amines) is 1. The van der Waals surface area contributed by atoms with Crippen molar-refractivity contribution in [1.29, 1.82) is 0 Å². The summed E-state index contributed by atoms with van der Waals surface area (Å²) in [6, 6.07) is 0. The molecule has 2 N–H and O–H groups in total. The van der Waals surface area contributed by atoms with Gasteiger partial charge in [-0.2, -0.15) is 0 Å². The van der Waals surface area contributed by atoms with Gasteiger partial charge in [-0.1, -0.05) is 0 Å². The average molecular weight is 209 g/mol. The molecule has 0 radical (unpaired) electrons. The number of nitrogens with zero attached hydrogens (tertiary/aromatic N) is 1. The maximum absolute atomic E-state index is 10.4. The summed E-state index contributed by atoms with van der Waals surface area (Å²) in [6.45, 7) is 2.14. The Balaban J connectivity index is 2.20. The summed E-state index contributed by atoms with van der Waals surface area (Å²) in [4.78, 5) is 19.2. The van der Waals surface area contributed by atoms with Crippen LogP contribution in [0.5, 0.6) is 0 Å². The molecular formula is C7H16NO4P. The van der Waals surface area contributed by atoms with Crippen LogP contribution in [-0.2, 0) is 9.09 Å². The molecule has 0 atom stereocenters. The second-order valence-electron chi connectivity index (χ2n) is 3.53. The van der Waals surface area contributed by atoms with Crippen LogP contribution in [0.1, 0.15) is 12.8 Å². The molecule has 0 aromatic carbocycles. The van der Waals surface area contributed by atoms with Crippen molar-refractivity contribution < 1.29 is 18.9 Å². The Hall–Kier alpha value is 0.0700. The van der Waals surface area contributed by atoms with Crippen LogP contribution in [-0.4, -0.2) is 41.4 Å². The van der Waals surface area contributed by atoms with Crippen molar-refractivity contribution in [3.8, 4) is 0 Å². The Morgan fingerprint density at radius 3 is 2.46 bits per heavy atom. The third-order valence-corrected chi connectivity index (χ3v) is 2.80. The fourth-order valence-corrected chi connectivity index (χ4v) is 1.84. The van der Waals surface area contributed by atoms with Gasteiger partial charge in [-0.05, 0) is 38.9 Å². The van der Waals surface area contributed by atoms with Crippen LogP contribution < -0.4 is 0 Å². The standard InChI is InChI=1S/C7H16NO4P/c1-8-4-2-7(3-5-8)6-12-13(9,10)11/h7H,2-6H2,1H3,(H2,9,10,11). The molecule has 1 fully saturated rings. The maximum Gasteiger partial charge on any atom is 0.469 e. The van der Waals surface area contributed by atoms with E-state index in [-0.39, 0.29) is 6.61 Å². The predicted octanol–water partition coefficient (Wildman–Crippen LogP) is 0.437. The lowest BCUT2D eigenvalue weighted by Crippen LogP contribution is -2.31. The van der Waals surface area contributed by atoms with Crippen LogP contribution in [0.25, 0.3) is 0 Å². The van der Waals surface area contributed by atoms with Crippen LogP contribution in [0.4, 0.5) is 0 Å². The summed E-state index contributed by atoms with van der Waals surface area (Å²) in [5.74, 6) is 0.295. The molecule has 0 amide bonds. The third kappa shape index (κ3) is 4.74. The van der Waals surface area contributed by atoms with E-state index < -0.39 is 7.82 Å². The third-order valence-electron chi connectivity index (χ3n) is 2.32. The molecule has 0 unspecified atom stereocenters. The zero-order valence-corrected chi connectivity index (χ0v) is 8.61. The van der Waals surface area contributed by atoms with E-state index in [1.807, 2.05) is 7.05 Å². The fourth-order valence-electron chi connectivity index (χ4n) is 1.43. The first-order valence-corrected chi connectivity index (χ1v) is 5.89. The highest BCUT2D eigenvalue weighted by molar-refractivity contribution is 7.46. The quantitative estimate of drug-likeness (QED) is 0.660. The number of rotatable bonds is 3. The number of hydrogen-bond acceptors (Lipinski definition) is 3. The lowest BCUT2D eigenvalue weighted by atomic mass is 9.98. The molecule has 0 saturated carbocycles. The molecule has 1 rings (SSSR count). The minimum absolute atomic E-state index is 0.179. The molecule has 1 saturated heterocycles. The summed E-state index contributed by atoms with van der Waals surface area (Å²) in [5.41, 5.74) is 0. The molecule has 5 nitrogen and oxygen atoms in total. The highest BCUT2D eigenvalue weighted by atomic mass is 31.2. The van der Waals surface area contributed by atoms with Crippen molar-refractivity contribution >= 4 is 7.82 Å². The average Bonchev–Trinajstić information content (AvgIpc) is 2.02. The molecular weight excluding hydrogens is 193 g/mol. The lowest BCUT2D eigenvalue weighted by Gasteiger charge is -2.28. The van der Waals surface area contributed by atoms with Gasteiger partial charge in [-0.25, -0.2) is 4.57 Å². The molecule has 0 aromatic rings. The summed E-state index contributed by atoms with van der Waals surface area (Å²) in [7, 11) is -2.22. The zero-order chi connectivity index (χ0) is 9.90. The van der Waals surface area contributed by atoms with Gasteiger partial charge in [0.2, 0.25) is 0 Å². The molecule has 6 heteroatoms. The molecule has 0 bridgehead atoms. The number of hydrogen-bond donors (Lipinski definition) is 2. The van der Waals surface area contributed by atoms with Gasteiger partial charge < -0.3 is 14.7 Å². The van der Waals surface area contributed by atoms with E-state index in [2.05, 4.69) is 9.42 Å². The fraction of sp³-hybridized carbons (Fsp3) is 1.00. The van der Waals surface area contributed by atoms with Crippen LogP contribution in [0.15, 0.2) is 0 Å². The topological polar surface area (TPSA) is 70.0 Å². The number of phosphoric acid groups is 1. The number of piperidine rings is 1. The van der Waals surface area contributed by atoms with Crippen molar-refractivity contribution in [2.75, 3.05) is 26.7 Å². The summed E-state index contributed by atoms with van der Waals surface area (Å²) in [6.07, 6.45) is 1.91. The Bertz CT molecular complexity index is 197. The molecule has 0 spiro atoms. The van der Waals surface area contributed by atoms with Gasteiger partial charge in [0.1, 0.15) is 0 Å². The van der Waals surface area contributed by atoms with Gasteiger partial charge >= 0.3 is 7.82 Å². The van der Waals surface area contributed by atoms with Gasteiger partial charge in [-0.3, -0.25) is 4.52 Å². The van der Waals surface area contributed by atoms with Crippen LogP contribution in [0.3, 0.4) is 0 Å². The monoisotopic (exact) mass is 209 g/mol. The van der Waals surface area contributed by atoms with E-state index in [4.69, 9.17) is 9.79 Å². The summed E-state index contributed by atoms with van der Waals surface area (Å²) in [5, 5.41) is 0. The van der Waals surface area contributed by atoms with Gasteiger partial charge in [0, 0.05) is 0 Å². The smallest absolute Gasteiger partial charge is 0.306 e. The molecule has 1 heterocycles. The first-order valence-electron chi connectivity index (χ1n) is 4.36. The van der Waals surface area contributed by atoms with E-state index >= 15 is 0 Å². The summed E-state index contributed by atoms with van der Waals surface area (Å²) < 4.78 is 14.9. The van der Waals surface area contributed by atoms with Crippen molar-refractivity contribution in [3.05, 3.63) is 0 Å². The highest BCUT2D eigenvalue weighted by Crippen LogP contribution is 2.37. The molecule has 0 aromatic heterocycles. The Labute approximate surface area is 77.9 Å². The van der Waals surface area contributed by atoms with Gasteiger partial charge in [0.15, 0.2) is 0 Å².